The third-order valence-corrected chi connectivity index (χ3v) is 7.45. The lowest BCUT2D eigenvalue weighted by atomic mass is 9.57. The number of carbonyl (C=O) groups excluding carboxylic acids is 3. The number of nitrogens with two attached hydrogens (primary N) is 1. The highest BCUT2D eigenvalue weighted by molar-refractivity contribution is 6.31. The average molecular weight is 596 g/mol. The van der Waals surface area contributed by atoms with Gasteiger partial charge in [-0.15, -0.1) is 24.8 Å². The third-order valence-electron chi connectivity index (χ3n) is 7.13. The molecule has 4 rings (SSSR count). The molecular weight excluding hydrogens is 567 g/mol. The minimum atomic E-state index is -2.70. The van der Waals surface area contributed by atoms with Gasteiger partial charge in [0.25, 0.3) is 5.91 Å². The molecule has 3 aliphatic rings. The highest BCUT2D eigenvalue weighted by atomic mass is 35.5. The van der Waals surface area contributed by atoms with E-state index in [9.17, 15) is 34.8 Å². The maximum absolute atomic E-state index is 13.8. The summed E-state index contributed by atoms with van der Waals surface area (Å²) in [5, 5.41) is 47.3. The summed E-state index contributed by atoms with van der Waals surface area (Å²) in [5.74, 6) is -7.37. The Hall–Kier alpha value is -2.61. The van der Waals surface area contributed by atoms with E-state index < -0.39 is 63.8 Å². The van der Waals surface area contributed by atoms with Crippen molar-refractivity contribution in [3.05, 3.63) is 33.2 Å². The van der Waals surface area contributed by atoms with Gasteiger partial charge in [-0.05, 0) is 32.9 Å². The third kappa shape index (κ3) is 4.48. The van der Waals surface area contributed by atoms with E-state index >= 15 is 0 Å². The fourth-order valence-electron chi connectivity index (χ4n) is 5.55. The van der Waals surface area contributed by atoms with Crippen molar-refractivity contribution in [2.24, 2.45) is 17.6 Å². The number of hydrogen-bond donors (Lipinski definition) is 6. The number of Topliss-reactive ketones (excluding diaryl/α,β-unsaturated/α-hetero) is 2. The van der Waals surface area contributed by atoms with Crippen molar-refractivity contribution < 1.29 is 39.5 Å². The summed E-state index contributed by atoms with van der Waals surface area (Å²) in [6, 6.07) is -1.16. The summed E-state index contributed by atoms with van der Waals surface area (Å²) in [7, 11) is 4.56. The van der Waals surface area contributed by atoms with E-state index in [2.05, 4.69) is 10.3 Å². The molecule has 1 aromatic rings. The number of nitrogens with zero attached hydrogens (tertiary/aromatic N) is 2. The van der Waals surface area contributed by atoms with Crippen LogP contribution in [0.4, 0.5) is 5.82 Å². The number of halogens is 3. The molecule has 0 bridgehead atoms. The van der Waals surface area contributed by atoms with Gasteiger partial charge >= 0.3 is 0 Å². The number of methoxy groups -OCH3 is 1. The Kier molecular flexibility index (Phi) is 9.35. The lowest BCUT2D eigenvalue weighted by Gasteiger charge is -2.50. The average Bonchev–Trinajstić information content (AvgIpc) is 2.79. The highest BCUT2D eigenvalue weighted by Gasteiger charge is 2.64. The molecule has 7 N–H and O–H groups in total. The number of pyridine rings is 1. The van der Waals surface area contributed by atoms with Crippen LogP contribution in [0.15, 0.2) is 16.9 Å². The lowest BCUT2D eigenvalue weighted by molar-refractivity contribution is -0.153. The predicted molar refractivity (Wildman–Crippen MR) is 142 cm³/mol. The summed E-state index contributed by atoms with van der Waals surface area (Å²) < 4.78 is 4.96. The quantitative estimate of drug-likeness (QED) is 0.155. The van der Waals surface area contributed by atoms with E-state index in [1.165, 1.54) is 26.1 Å². The first-order chi connectivity index (χ1) is 16.9. The van der Waals surface area contributed by atoms with Crippen LogP contribution in [0.2, 0.25) is 5.15 Å². The fraction of sp³-hybridized carbons (Fsp3) is 0.478. The molecule has 0 aromatic carbocycles. The van der Waals surface area contributed by atoms with E-state index in [-0.39, 0.29) is 78.5 Å². The van der Waals surface area contributed by atoms with Crippen LogP contribution >= 0.6 is 36.4 Å². The van der Waals surface area contributed by atoms with Crippen LogP contribution < -0.4 is 11.1 Å². The molecule has 1 aromatic heterocycles. The normalized spacial score (nSPS) is 26.2. The topological polar surface area (TPSA) is 196 Å². The number of amides is 1. The van der Waals surface area contributed by atoms with Crippen LogP contribution in [0.1, 0.15) is 17.5 Å². The number of aromatic nitrogens is 1. The molecule has 0 aliphatic heterocycles. The number of fused-ring (bicyclic) bond motifs is 3. The number of anilines is 1. The molecule has 0 unspecified atom stereocenters. The number of likely N-dealkylation sites (N-methyl/N-ethyl adjacent to an activating group) is 1. The summed E-state index contributed by atoms with van der Waals surface area (Å²) in [5.41, 5.74) is 1.64. The van der Waals surface area contributed by atoms with Crippen molar-refractivity contribution in [2.75, 3.05) is 39.7 Å². The Labute approximate surface area is 235 Å². The lowest BCUT2D eigenvalue weighted by Crippen LogP contribution is -2.65. The Morgan fingerprint density at radius 3 is 2.45 bits per heavy atom. The number of primary amides is 1. The van der Waals surface area contributed by atoms with Gasteiger partial charge in [0.15, 0.2) is 23.0 Å². The number of aliphatic hydroxyl groups excluding tert-OH is 2. The van der Waals surface area contributed by atoms with Gasteiger partial charge in [0.05, 0.1) is 18.2 Å². The van der Waals surface area contributed by atoms with Gasteiger partial charge in [-0.25, -0.2) is 4.98 Å². The number of rotatable bonds is 6. The maximum Gasteiger partial charge on any atom is 0.255 e. The molecule has 1 amide bonds. The van der Waals surface area contributed by atoms with Crippen molar-refractivity contribution >= 4 is 65.5 Å². The number of aromatic hydroxyl groups is 1. The van der Waals surface area contributed by atoms with Gasteiger partial charge in [0.1, 0.15) is 22.2 Å². The summed E-state index contributed by atoms with van der Waals surface area (Å²) in [6.07, 6.45) is 0.0307. The van der Waals surface area contributed by atoms with E-state index in [4.69, 9.17) is 22.1 Å². The van der Waals surface area contributed by atoms with Crippen molar-refractivity contribution in [3.8, 4) is 5.75 Å². The highest BCUT2D eigenvalue weighted by Crippen LogP contribution is 2.53. The summed E-state index contributed by atoms with van der Waals surface area (Å²) >= 11 is 6.39. The van der Waals surface area contributed by atoms with Crippen molar-refractivity contribution in [1.82, 2.24) is 9.88 Å². The monoisotopic (exact) mass is 594 g/mol. The van der Waals surface area contributed by atoms with Crippen molar-refractivity contribution in [2.45, 2.75) is 24.5 Å². The SMILES string of the molecule is COCCNc1nc(Cl)c2c(c1O)C(O)=C1C(=O)[C@]3(O)C(O)=C(C(N)=O)C(=O)[C@@H](N(C)C)[C@@H]3C[C@@H]1C2.Cl.Cl. The van der Waals surface area contributed by atoms with Crippen LogP contribution in [0.25, 0.3) is 5.76 Å². The molecule has 0 radical (unpaired) electrons. The van der Waals surface area contributed by atoms with Gasteiger partial charge in [-0.1, -0.05) is 11.6 Å². The molecule has 15 heteroatoms. The number of carbonyl (C=O) groups is 3. The molecule has 1 heterocycles. The van der Waals surface area contributed by atoms with Gasteiger partial charge < -0.3 is 36.2 Å². The largest absolute Gasteiger partial charge is 0.508 e. The van der Waals surface area contributed by atoms with Crippen LogP contribution in [0.5, 0.6) is 5.75 Å². The minimum absolute atomic E-state index is 0. The molecule has 0 spiro atoms. The Morgan fingerprint density at radius 2 is 1.89 bits per heavy atom. The first-order valence-corrected chi connectivity index (χ1v) is 11.5. The van der Waals surface area contributed by atoms with E-state index in [0.29, 0.717) is 0 Å². The first kappa shape index (κ1) is 31.6. The molecule has 38 heavy (non-hydrogen) atoms. The second kappa shape index (κ2) is 11.2. The van der Waals surface area contributed by atoms with Crippen LogP contribution in [0, 0.1) is 11.8 Å². The Morgan fingerprint density at radius 1 is 1.26 bits per heavy atom. The molecule has 0 saturated heterocycles. The van der Waals surface area contributed by atoms with Crippen molar-refractivity contribution in [3.63, 3.8) is 0 Å². The second-order valence-corrected chi connectivity index (χ2v) is 9.69. The first-order valence-electron chi connectivity index (χ1n) is 11.2. The molecule has 210 valence electrons. The molecule has 4 atom stereocenters. The van der Waals surface area contributed by atoms with Gasteiger partial charge in [0, 0.05) is 30.7 Å². The molecule has 3 aliphatic carbocycles. The number of aliphatic hydroxyl groups is 3. The van der Waals surface area contributed by atoms with E-state index in [1.807, 2.05) is 0 Å². The van der Waals surface area contributed by atoms with Crippen LogP contribution in [0.3, 0.4) is 0 Å². The number of ether oxygens (including phenoxy) is 1. The predicted octanol–water partition coefficient (Wildman–Crippen LogP) is 0.914. The molecule has 1 fully saturated rings. The second-order valence-electron chi connectivity index (χ2n) is 9.33. The summed E-state index contributed by atoms with van der Waals surface area (Å²) in [4.78, 5) is 44.5. The Balaban J connectivity index is 0.00000253. The molecule has 12 nitrogen and oxygen atoms in total. The van der Waals surface area contributed by atoms with Gasteiger partial charge in [0.2, 0.25) is 5.78 Å². The molecule has 1 saturated carbocycles. The number of nitrogens with one attached hydrogen (secondary N) is 1. The number of ketones is 2. The van der Waals surface area contributed by atoms with Crippen molar-refractivity contribution in [1.29, 1.82) is 0 Å². The smallest absolute Gasteiger partial charge is 0.255 e. The fourth-order valence-corrected chi connectivity index (χ4v) is 5.81. The zero-order chi connectivity index (χ0) is 26.7. The zero-order valence-corrected chi connectivity index (χ0v) is 23.0. The van der Waals surface area contributed by atoms with Gasteiger partial charge in [-0.3, -0.25) is 19.3 Å². The van der Waals surface area contributed by atoms with Crippen LogP contribution in [-0.4, -0.2) is 93.8 Å². The molecular formula is C23H29Cl3N4O8. The Bertz CT molecular complexity index is 1250. The van der Waals surface area contributed by atoms with Gasteiger partial charge in [-0.2, -0.15) is 0 Å². The zero-order valence-electron chi connectivity index (χ0n) is 20.6. The standard InChI is InChI=1S/C23H27ClN4O8.2ClH/c1-28(2)14-10-7-8-6-9-12(17(31)22(27-20(9)24)26-4-5-36-3)15(29)11(8)18(32)23(10,35)19(33)13(16(14)30)21(25)34;;/h8,10,14,29,31,33,35H,4-7H2,1-3H3,(H2,25,34)(H,26,27);2*1H/t8-,10-,14-,23-;;/m0../s1. The maximum atomic E-state index is 13.8. The van der Waals surface area contributed by atoms with E-state index in [0.717, 1.165) is 0 Å². The van der Waals surface area contributed by atoms with Crippen LogP contribution in [-0.2, 0) is 25.5 Å². The summed E-state index contributed by atoms with van der Waals surface area (Å²) in [6.45, 7) is 0.554. The number of hydrogen-bond acceptors (Lipinski definition) is 11. The van der Waals surface area contributed by atoms with E-state index in [1.54, 1.807) is 0 Å². The minimum Gasteiger partial charge on any atom is -0.508 e.